The Morgan fingerprint density at radius 2 is 2.35 bits per heavy atom. The van der Waals surface area contributed by atoms with E-state index in [0.717, 1.165) is 5.69 Å². The van der Waals surface area contributed by atoms with E-state index in [4.69, 9.17) is 10.5 Å². The lowest BCUT2D eigenvalue weighted by Gasteiger charge is -2.21. The zero-order valence-corrected chi connectivity index (χ0v) is 11.2. The Morgan fingerprint density at radius 3 is 2.95 bits per heavy atom. The molecular formula is C13H17N5O2. The van der Waals surface area contributed by atoms with Gasteiger partial charge in [0.1, 0.15) is 11.5 Å². The van der Waals surface area contributed by atoms with Crippen LogP contribution in [-0.4, -0.2) is 46.2 Å². The molecule has 2 aromatic rings. The van der Waals surface area contributed by atoms with Gasteiger partial charge in [-0.25, -0.2) is 0 Å². The van der Waals surface area contributed by atoms with Crippen molar-refractivity contribution in [1.82, 2.24) is 20.1 Å². The number of aromatic amines is 1. The van der Waals surface area contributed by atoms with Gasteiger partial charge in [0.2, 0.25) is 0 Å². The highest BCUT2D eigenvalue weighted by atomic mass is 16.5. The Bertz CT molecular complexity index is 555. The molecule has 0 unspecified atom stereocenters. The van der Waals surface area contributed by atoms with Crippen molar-refractivity contribution in [3.8, 4) is 0 Å². The number of hydrogen-bond acceptors (Lipinski definition) is 5. The molecule has 3 N–H and O–H groups in total. The first-order valence-corrected chi connectivity index (χ1v) is 6.19. The maximum absolute atomic E-state index is 12.4. The van der Waals surface area contributed by atoms with Gasteiger partial charge in [-0.15, -0.1) is 0 Å². The second-order valence-electron chi connectivity index (χ2n) is 4.25. The third-order valence-corrected chi connectivity index (χ3v) is 2.76. The molecule has 2 rings (SSSR count). The summed E-state index contributed by atoms with van der Waals surface area (Å²) in [5, 5.41) is 6.39. The standard InChI is InChI=1S/C13H17N5O2/c1-20-7-6-18(9-10-4-2-3-5-15-10)13(19)11-8-12(14)17-16-11/h2-5,8H,6-7,9H2,1H3,(H3,14,16,17). The zero-order chi connectivity index (χ0) is 14.4. The van der Waals surface area contributed by atoms with Crippen LogP contribution in [0.5, 0.6) is 0 Å². The minimum Gasteiger partial charge on any atom is -0.383 e. The van der Waals surface area contributed by atoms with Gasteiger partial charge in [-0.05, 0) is 12.1 Å². The van der Waals surface area contributed by atoms with E-state index in [1.54, 1.807) is 18.2 Å². The smallest absolute Gasteiger partial charge is 0.272 e. The second-order valence-corrected chi connectivity index (χ2v) is 4.25. The van der Waals surface area contributed by atoms with Gasteiger partial charge in [0.05, 0.1) is 18.8 Å². The monoisotopic (exact) mass is 275 g/mol. The van der Waals surface area contributed by atoms with E-state index < -0.39 is 0 Å². The van der Waals surface area contributed by atoms with Crippen molar-refractivity contribution in [3.63, 3.8) is 0 Å². The number of rotatable bonds is 6. The highest BCUT2D eigenvalue weighted by molar-refractivity contribution is 5.92. The minimum absolute atomic E-state index is 0.183. The van der Waals surface area contributed by atoms with E-state index in [1.165, 1.54) is 6.07 Å². The highest BCUT2D eigenvalue weighted by Gasteiger charge is 2.18. The summed E-state index contributed by atoms with van der Waals surface area (Å²) < 4.78 is 5.04. The Balaban J connectivity index is 2.12. The van der Waals surface area contributed by atoms with Gasteiger partial charge in [-0.1, -0.05) is 6.07 Å². The highest BCUT2D eigenvalue weighted by Crippen LogP contribution is 2.08. The van der Waals surface area contributed by atoms with Gasteiger partial charge in [-0.3, -0.25) is 14.9 Å². The quantitative estimate of drug-likeness (QED) is 0.807. The van der Waals surface area contributed by atoms with Crippen molar-refractivity contribution < 1.29 is 9.53 Å². The summed E-state index contributed by atoms with van der Waals surface area (Å²) in [6.45, 7) is 1.31. The summed E-state index contributed by atoms with van der Waals surface area (Å²) in [5.74, 6) is 0.106. The van der Waals surface area contributed by atoms with Crippen molar-refractivity contribution in [1.29, 1.82) is 0 Å². The Labute approximate surface area is 116 Å². The summed E-state index contributed by atoms with van der Waals surface area (Å²) in [7, 11) is 1.59. The first-order chi connectivity index (χ1) is 9.70. The molecule has 7 heteroatoms. The number of hydrogen-bond donors (Lipinski definition) is 2. The summed E-state index contributed by atoms with van der Waals surface area (Å²) in [4.78, 5) is 18.2. The molecule has 0 fully saturated rings. The van der Waals surface area contributed by atoms with Gasteiger partial charge in [-0.2, -0.15) is 5.10 Å². The van der Waals surface area contributed by atoms with Crippen LogP contribution < -0.4 is 5.73 Å². The Kier molecular flexibility index (Phi) is 4.67. The van der Waals surface area contributed by atoms with Crippen LogP contribution in [0.3, 0.4) is 0 Å². The number of nitrogens with one attached hydrogen (secondary N) is 1. The van der Waals surface area contributed by atoms with E-state index >= 15 is 0 Å². The van der Waals surface area contributed by atoms with Crippen LogP contribution in [0.2, 0.25) is 0 Å². The lowest BCUT2D eigenvalue weighted by molar-refractivity contribution is 0.0672. The molecule has 1 amide bonds. The van der Waals surface area contributed by atoms with Crippen LogP contribution in [0.25, 0.3) is 0 Å². The van der Waals surface area contributed by atoms with Crippen molar-refractivity contribution in [3.05, 3.63) is 41.9 Å². The number of pyridine rings is 1. The van der Waals surface area contributed by atoms with Crippen LogP contribution in [-0.2, 0) is 11.3 Å². The van der Waals surface area contributed by atoms with Gasteiger partial charge in [0.25, 0.3) is 5.91 Å². The molecule has 0 saturated carbocycles. The molecule has 0 radical (unpaired) electrons. The average molecular weight is 275 g/mol. The SMILES string of the molecule is COCCN(Cc1ccccn1)C(=O)c1cc(N)n[nH]1. The van der Waals surface area contributed by atoms with Crippen molar-refractivity contribution in [2.24, 2.45) is 0 Å². The van der Waals surface area contributed by atoms with Crippen molar-refractivity contribution >= 4 is 11.7 Å². The van der Waals surface area contributed by atoms with Gasteiger partial charge >= 0.3 is 0 Å². The number of aromatic nitrogens is 3. The van der Waals surface area contributed by atoms with E-state index in [1.807, 2.05) is 18.2 Å². The van der Waals surface area contributed by atoms with Crippen LogP contribution in [0, 0.1) is 0 Å². The first-order valence-electron chi connectivity index (χ1n) is 6.19. The number of carbonyl (C=O) groups is 1. The van der Waals surface area contributed by atoms with Crippen molar-refractivity contribution in [2.45, 2.75) is 6.54 Å². The molecule has 0 aliphatic rings. The summed E-state index contributed by atoms with van der Waals surface area (Å²) in [6.07, 6.45) is 1.70. The summed E-state index contributed by atoms with van der Waals surface area (Å²) >= 11 is 0. The number of anilines is 1. The maximum Gasteiger partial charge on any atom is 0.272 e. The molecule has 7 nitrogen and oxygen atoms in total. The largest absolute Gasteiger partial charge is 0.383 e. The number of methoxy groups -OCH3 is 1. The molecule has 2 heterocycles. The lowest BCUT2D eigenvalue weighted by atomic mass is 10.3. The van der Waals surface area contributed by atoms with Crippen molar-refractivity contribution in [2.75, 3.05) is 26.0 Å². The van der Waals surface area contributed by atoms with E-state index in [-0.39, 0.29) is 11.7 Å². The first kappa shape index (κ1) is 14.0. The molecule has 0 aromatic carbocycles. The average Bonchev–Trinajstić information content (AvgIpc) is 2.90. The van der Waals surface area contributed by atoms with Gasteiger partial charge in [0.15, 0.2) is 0 Å². The summed E-state index contributed by atoms with van der Waals surface area (Å²) in [5.41, 5.74) is 6.68. The fourth-order valence-corrected chi connectivity index (χ4v) is 1.76. The fourth-order valence-electron chi connectivity index (χ4n) is 1.76. The zero-order valence-electron chi connectivity index (χ0n) is 11.2. The number of carbonyl (C=O) groups excluding carboxylic acids is 1. The minimum atomic E-state index is -0.183. The normalized spacial score (nSPS) is 10.4. The molecule has 0 aliphatic carbocycles. The predicted molar refractivity (Wildman–Crippen MR) is 73.9 cm³/mol. The molecule has 0 aliphatic heterocycles. The molecule has 2 aromatic heterocycles. The number of nitrogen functional groups attached to an aromatic ring is 1. The Morgan fingerprint density at radius 1 is 1.50 bits per heavy atom. The fraction of sp³-hybridized carbons (Fsp3) is 0.308. The van der Waals surface area contributed by atoms with Crippen LogP contribution in [0.15, 0.2) is 30.5 Å². The molecule has 106 valence electrons. The summed E-state index contributed by atoms with van der Waals surface area (Å²) in [6, 6.07) is 7.10. The molecule has 20 heavy (non-hydrogen) atoms. The number of amides is 1. The second kappa shape index (κ2) is 6.67. The third-order valence-electron chi connectivity index (χ3n) is 2.76. The number of ether oxygens (including phenoxy) is 1. The maximum atomic E-state index is 12.4. The Hall–Kier alpha value is -2.41. The van der Waals surface area contributed by atoms with Crippen LogP contribution in [0.1, 0.15) is 16.2 Å². The number of H-pyrrole nitrogens is 1. The van der Waals surface area contributed by atoms with Crippen LogP contribution in [0.4, 0.5) is 5.82 Å². The van der Waals surface area contributed by atoms with Gasteiger partial charge < -0.3 is 15.4 Å². The number of nitrogens with zero attached hydrogens (tertiary/aromatic N) is 3. The predicted octanol–water partition coefficient (Wildman–Crippen LogP) is 0.676. The third kappa shape index (κ3) is 3.55. The van der Waals surface area contributed by atoms with E-state index in [0.29, 0.717) is 25.4 Å². The molecule has 0 bridgehead atoms. The lowest BCUT2D eigenvalue weighted by Crippen LogP contribution is -2.34. The number of nitrogens with two attached hydrogens (primary N) is 1. The van der Waals surface area contributed by atoms with Crippen LogP contribution >= 0.6 is 0 Å². The molecule has 0 spiro atoms. The topological polar surface area (TPSA) is 97.1 Å². The molecular weight excluding hydrogens is 258 g/mol. The van der Waals surface area contributed by atoms with Gasteiger partial charge in [0, 0.05) is 25.9 Å². The molecule has 0 saturated heterocycles. The van der Waals surface area contributed by atoms with E-state index in [9.17, 15) is 4.79 Å². The molecule has 0 atom stereocenters. The van der Waals surface area contributed by atoms with E-state index in [2.05, 4.69) is 15.2 Å².